The molecule has 1 heterocycles. The van der Waals surface area contributed by atoms with Gasteiger partial charge in [-0.1, -0.05) is 13.8 Å². The van der Waals surface area contributed by atoms with Gasteiger partial charge in [0.15, 0.2) is 0 Å². The summed E-state index contributed by atoms with van der Waals surface area (Å²) >= 11 is 1.97. The maximum absolute atomic E-state index is 12.0. The normalized spacial score (nSPS) is 22.2. The Morgan fingerprint density at radius 3 is 2.38 bits per heavy atom. The van der Waals surface area contributed by atoms with E-state index in [-0.39, 0.29) is 5.41 Å². The Kier molecular flexibility index (Phi) is 4.90. The van der Waals surface area contributed by atoms with Gasteiger partial charge in [-0.3, -0.25) is 0 Å². The summed E-state index contributed by atoms with van der Waals surface area (Å²) in [7, 11) is -0.258. The van der Waals surface area contributed by atoms with Gasteiger partial charge in [-0.2, -0.15) is 11.8 Å². The van der Waals surface area contributed by atoms with Crippen molar-refractivity contribution in [1.82, 2.24) is 4.31 Å². The third-order valence-corrected chi connectivity index (χ3v) is 6.98. The van der Waals surface area contributed by atoms with Crippen molar-refractivity contribution in [2.24, 2.45) is 5.41 Å². The third kappa shape index (κ3) is 3.73. The molecule has 1 saturated heterocycles. The van der Waals surface area contributed by atoms with Gasteiger partial charge in [0.1, 0.15) is 0 Å². The van der Waals surface area contributed by atoms with Gasteiger partial charge < -0.3 is 5.32 Å². The van der Waals surface area contributed by atoms with E-state index in [1.165, 1.54) is 16.5 Å². The van der Waals surface area contributed by atoms with Crippen molar-refractivity contribution < 1.29 is 8.42 Å². The number of nitrogens with zero attached hydrogens (tertiary/aromatic N) is 1. The Bertz CT molecular complexity index is 580. The van der Waals surface area contributed by atoms with Crippen LogP contribution in [0.3, 0.4) is 0 Å². The number of hydrogen-bond donors (Lipinski definition) is 1. The lowest BCUT2D eigenvalue weighted by Gasteiger charge is -2.39. The first-order valence-electron chi connectivity index (χ1n) is 7.10. The van der Waals surface area contributed by atoms with E-state index in [0.29, 0.717) is 10.9 Å². The van der Waals surface area contributed by atoms with E-state index in [2.05, 4.69) is 19.2 Å². The molecule has 21 heavy (non-hydrogen) atoms. The largest absolute Gasteiger partial charge is 0.381 e. The highest BCUT2D eigenvalue weighted by atomic mass is 32.2. The van der Waals surface area contributed by atoms with Gasteiger partial charge in [0.2, 0.25) is 10.0 Å². The predicted octanol–water partition coefficient (Wildman–Crippen LogP) is 2.88. The minimum absolute atomic E-state index is 0.264. The zero-order valence-electron chi connectivity index (χ0n) is 13.1. The highest BCUT2D eigenvalue weighted by Gasteiger charge is 2.32. The lowest BCUT2D eigenvalue weighted by atomic mass is 9.82. The molecule has 1 fully saturated rings. The SMILES string of the molecule is CN(C)S(=O)(=O)c1ccc(NC2CSCCC2(C)C)cc1. The zero-order chi connectivity index (χ0) is 15.7. The van der Waals surface area contributed by atoms with Crippen LogP contribution < -0.4 is 5.32 Å². The molecule has 0 spiro atoms. The second-order valence-electron chi connectivity index (χ2n) is 6.32. The Morgan fingerprint density at radius 2 is 1.86 bits per heavy atom. The number of sulfonamides is 1. The quantitative estimate of drug-likeness (QED) is 0.923. The van der Waals surface area contributed by atoms with E-state index in [4.69, 9.17) is 0 Å². The molecule has 1 aromatic rings. The topological polar surface area (TPSA) is 49.4 Å². The molecule has 0 bridgehead atoms. The van der Waals surface area contributed by atoms with Crippen molar-refractivity contribution in [3.8, 4) is 0 Å². The van der Waals surface area contributed by atoms with Crippen LogP contribution >= 0.6 is 11.8 Å². The molecule has 2 rings (SSSR count). The molecule has 4 nitrogen and oxygen atoms in total. The summed E-state index contributed by atoms with van der Waals surface area (Å²) in [6.45, 7) is 4.57. The molecule has 118 valence electrons. The van der Waals surface area contributed by atoms with Crippen LogP contribution in [0, 0.1) is 5.41 Å². The highest BCUT2D eigenvalue weighted by Crippen LogP contribution is 2.36. The van der Waals surface area contributed by atoms with Crippen LogP contribution in [-0.4, -0.2) is 44.4 Å². The summed E-state index contributed by atoms with van der Waals surface area (Å²) in [6, 6.07) is 7.45. The molecule has 1 unspecified atom stereocenters. The first-order valence-corrected chi connectivity index (χ1v) is 9.70. The molecule has 0 aliphatic carbocycles. The molecule has 1 aliphatic heterocycles. The minimum atomic E-state index is -3.35. The van der Waals surface area contributed by atoms with Crippen LogP contribution in [0.1, 0.15) is 20.3 Å². The molecule has 1 aromatic carbocycles. The number of anilines is 1. The van der Waals surface area contributed by atoms with Crippen LogP contribution in [-0.2, 0) is 10.0 Å². The number of rotatable bonds is 4. The Hall–Kier alpha value is -0.720. The number of hydrogen-bond acceptors (Lipinski definition) is 4. The van der Waals surface area contributed by atoms with Gasteiger partial charge in [-0.25, -0.2) is 12.7 Å². The molecule has 0 radical (unpaired) electrons. The Labute approximate surface area is 132 Å². The van der Waals surface area contributed by atoms with Crippen molar-refractivity contribution in [1.29, 1.82) is 0 Å². The molecular weight excluding hydrogens is 304 g/mol. The van der Waals surface area contributed by atoms with E-state index in [1.54, 1.807) is 26.2 Å². The second kappa shape index (κ2) is 6.18. The van der Waals surface area contributed by atoms with Gasteiger partial charge in [0, 0.05) is 31.6 Å². The standard InChI is InChI=1S/C15H24N2O2S2/c1-15(2)9-10-20-11-14(15)16-12-5-7-13(8-6-12)21(18,19)17(3)4/h5-8,14,16H,9-11H2,1-4H3. The zero-order valence-corrected chi connectivity index (χ0v) is 14.7. The fraction of sp³-hybridized carbons (Fsp3) is 0.600. The van der Waals surface area contributed by atoms with E-state index < -0.39 is 10.0 Å². The molecule has 0 amide bonds. The van der Waals surface area contributed by atoms with Crippen LogP contribution in [0.5, 0.6) is 0 Å². The average Bonchev–Trinajstić information content (AvgIpc) is 2.41. The maximum Gasteiger partial charge on any atom is 0.242 e. The fourth-order valence-electron chi connectivity index (χ4n) is 2.31. The third-order valence-electron chi connectivity index (χ3n) is 4.09. The fourth-order valence-corrected chi connectivity index (χ4v) is 4.82. The molecule has 1 atom stereocenters. The summed E-state index contributed by atoms with van der Waals surface area (Å²) in [5.41, 5.74) is 1.24. The van der Waals surface area contributed by atoms with Gasteiger partial charge in [-0.05, 0) is 41.9 Å². The van der Waals surface area contributed by atoms with E-state index >= 15 is 0 Å². The van der Waals surface area contributed by atoms with Gasteiger partial charge in [-0.15, -0.1) is 0 Å². The minimum Gasteiger partial charge on any atom is -0.381 e. The van der Waals surface area contributed by atoms with Crippen molar-refractivity contribution in [3.63, 3.8) is 0 Å². The van der Waals surface area contributed by atoms with E-state index in [9.17, 15) is 8.42 Å². The monoisotopic (exact) mass is 328 g/mol. The van der Waals surface area contributed by atoms with Crippen LogP contribution in [0.2, 0.25) is 0 Å². The first-order chi connectivity index (χ1) is 9.73. The van der Waals surface area contributed by atoms with Gasteiger partial charge >= 0.3 is 0 Å². The lowest BCUT2D eigenvalue weighted by Crippen LogP contribution is -2.41. The first kappa shape index (κ1) is 16.6. The highest BCUT2D eigenvalue weighted by molar-refractivity contribution is 7.99. The molecule has 6 heteroatoms. The van der Waals surface area contributed by atoms with Crippen molar-refractivity contribution in [2.45, 2.75) is 31.2 Å². The molecular formula is C15H24N2O2S2. The average molecular weight is 329 g/mol. The Balaban J connectivity index is 2.13. The van der Waals surface area contributed by atoms with Crippen molar-refractivity contribution in [3.05, 3.63) is 24.3 Å². The lowest BCUT2D eigenvalue weighted by molar-refractivity contribution is 0.305. The summed E-state index contributed by atoms with van der Waals surface area (Å²) < 4.78 is 25.3. The number of benzene rings is 1. The molecule has 0 aromatic heterocycles. The number of thioether (sulfide) groups is 1. The van der Waals surface area contributed by atoms with Crippen LogP contribution in [0.4, 0.5) is 5.69 Å². The van der Waals surface area contributed by atoms with Crippen molar-refractivity contribution in [2.75, 3.05) is 30.9 Å². The smallest absolute Gasteiger partial charge is 0.242 e. The number of nitrogens with one attached hydrogen (secondary N) is 1. The van der Waals surface area contributed by atoms with Gasteiger partial charge in [0.05, 0.1) is 4.90 Å². The van der Waals surface area contributed by atoms with E-state index in [0.717, 1.165) is 11.4 Å². The molecule has 0 saturated carbocycles. The predicted molar refractivity (Wildman–Crippen MR) is 90.4 cm³/mol. The summed E-state index contributed by atoms with van der Waals surface area (Å²) in [6.07, 6.45) is 1.20. The summed E-state index contributed by atoms with van der Waals surface area (Å²) in [5, 5.41) is 3.55. The molecule has 1 aliphatic rings. The van der Waals surface area contributed by atoms with Crippen molar-refractivity contribution >= 4 is 27.5 Å². The van der Waals surface area contributed by atoms with Crippen LogP contribution in [0.15, 0.2) is 29.2 Å². The summed E-state index contributed by atoms with van der Waals surface area (Å²) in [5.74, 6) is 2.30. The summed E-state index contributed by atoms with van der Waals surface area (Å²) in [4.78, 5) is 0.329. The Morgan fingerprint density at radius 1 is 1.24 bits per heavy atom. The second-order valence-corrected chi connectivity index (χ2v) is 9.62. The maximum atomic E-state index is 12.0. The van der Waals surface area contributed by atoms with Gasteiger partial charge in [0.25, 0.3) is 0 Å². The molecule has 1 N–H and O–H groups in total. The van der Waals surface area contributed by atoms with E-state index in [1.807, 2.05) is 23.9 Å². The van der Waals surface area contributed by atoms with Crippen LogP contribution in [0.25, 0.3) is 0 Å².